The molecule has 0 atom stereocenters. The SMILES string of the molecule is CC(C)(C)S/C=C\N(Cc1ccccc1)C(=O)c1ccccc1. The van der Waals surface area contributed by atoms with Gasteiger partial charge in [-0.25, -0.2) is 0 Å². The maximum absolute atomic E-state index is 12.8. The highest BCUT2D eigenvalue weighted by molar-refractivity contribution is 8.03. The average molecular weight is 325 g/mol. The van der Waals surface area contributed by atoms with Crippen LogP contribution in [0.5, 0.6) is 0 Å². The number of nitrogens with zero attached hydrogens (tertiary/aromatic N) is 1. The Labute approximate surface area is 143 Å². The first kappa shape index (κ1) is 17.4. The molecule has 0 fully saturated rings. The molecule has 2 rings (SSSR count). The van der Waals surface area contributed by atoms with E-state index < -0.39 is 0 Å². The minimum Gasteiger partial charge on any atom is -0.310 e. The standard InChI is InChI=1S/C20H23NOS/c1-20(2,3)23-15-14-21(16-17-10-6-4-7-11-17)19(22)18-12-8-5-9-13-18/h4-15H,16H2,1-3H3/b15-14-. The first-order chi connectivity index (χ1) is 11.0. The van der Waals surface area contributed by atoms with Crippen LogP contribution in [0, 0.1) is 0 Å². The molecule has 2 nitrogen and oxygen atoms in total. The number of hydrogen-bond acceptors (Lipinski definition) is 2. The van der Waals surface area contributed by atoms with Crippen molar-refractivity contribution in [3.05, 3.63) is 83.4 Å². The van der Waals surface area contributed by atoms with Crippen molar-refractivity contribution in [3.63, 3.8) is 0 Å². The van der Waals surface area contributed by atoms with Gasteiger partial charge in [-0.1, -0.05) is 69.3 Å². The lowest BCUT2D eigenvalue weighted by Gasteiger charge is -2.20. The minimum absolute atomic E-state index is 0.0141. The van der Waals surface area contributed by atoms with Gasteiger partial charge < -0.3 is 4.90 Å². The van der Waals surface area contributed by atoms with E-state index in [0.717, 1.165) is 5.56 Å². The zero-order valence-corrected chi connectivity index (χ0v) is 14.7. The summed E-state index contributed by atoms with van der Waals surface area (Å²) in [7, 11) is 0. The molecule has 2 aromatic rings. The maximum Gasteiger partial charge on any atom is 0.258 e. The highest BCUT2D eigenvalue weighted by Gasteiger charge is 2.14. The summed E-state index contributed by atoms with van der Waals surface area (Å²) >= 11 is 1.71. The van der Waals surface area contributed by atoms with Gasteiger partial charge >= 0.3 is 0 Å². The Morgan fingerprint density at radius 1 is 1.00 bits per heavy atom. The number of carbonyl (C=O) groups excluding carboxylic acids is 1. The van der Waals surface area contributed by atoms with E-state index in [1.54, 1.807) is 16.7 Å². The summed E-state index contributed by atoms with van der Waals surface area (Å²) in [6, 6.07) is 19.5. The van der Waals surface area contributed by atoms with Crippen LogP contribution in [0.4, 0.5) is 0 Å². The summed E-state index contributed by atoms with van der Waals surface area (Å²) in [4.78, 5) is 14.5. The van der Waals surface area contributed by atoms with Crippen molar-refractivity contribution in [1.82, 2.24) is 4.90 Å². The van der Waals surface area contributed by atoms with Crippen molar-refractivity contribution in [2.75, 3.05) is 0 Å². The summed E-state index contributed by atoms with van der Waals surface area (Å²) < 4.78 is 0.130. The number of carbonyl (C=O) groups is 1. The van der Waals surface area contributed by atoms with Crippen LogP contribution in [0.1, 0.15) is 36.7 Å². The van der Waals surface area contributed by atoms with Gasteiger partial charge in [-0.2, -0.15) is 0 Å². The Hall–Kier alpha value is -2.00. The molecular formula is C20H23NOS. The zero-order chi connectivity index (χ0) is 16.7. The fraction of sp³-hybridized carbons (Fsp3) is 0.250. The molecule has 0 spiro atoms. The van der Waals surface area contributed by atoms with E-state index in [9.17, 15) is 4.79 Å². The normalized spacial score (nSPS) is 11.6. The van der Waals surface area contributed by atoms with E-state index in [2.05, 4.69) is 20.8 Å². The first-order valence-electron chi connectivity index (χ1n) is 7.70. The average Bonchev–Trinajstić information content (AvgIpc) is 2.54. The Morgan fingerprint density at radius 2 is 1.57 bits per heavy atom. The molecule has 0 radical (unpaired) electrons. The van der Waals surface area contributed by atoms with Gasteiger partial charge in [-0.3, -0.25) is 4.79 Å². The van der Waals surface area contributed by atoms with Gasteiger partial charge in [0, 0.05) is 16.5 Å². The number of rotatable bonds is 5. The predicted molar refractivity (Wildman–Crippen MR) is 99.2 cm³/mol. The fourth-order valence-electron chi connectivity index (χ4n) is 2.03. The molecule has 0 N–H and O–H groups in total. The fourth-order valence-corrected chi connectivity index (χ4v) is 2.64. The van der Waals surface area contributed by atoms with E-state index in [-0.39, 0.29) is 10.7 Å². The van der Waals surface area contributed by atoms with E-state index in [4.69, 9.17) is 0 Å². The van der Waals surface area contributed by atoms with Crippen LogP contribution in [0.2, 0.25) is 0 Å². The van der Waals surface area contributed by atoms with Gasteiger partial charge in [-0.05, 0) is 23.1 Å². The number of hydrogen-bond donors (Lipinski definition) is 0. The molecular weight excluding hydrogens is 302 g/mol. The second-order valence-corrected chi connectivity index (χ2v) is 8.03. The molecule has 0 bridgehead atoms. The van der Waals surface area contributed by atoms with Crippen LogP contribution < -0.4 is 0 Å². The van der Waals surface area contributed by atoms with Gasteiger partial charge in [0.2, 0.25) is 0 Å². The Bertz CT molecular complexity index is 644. The van der Waals surface area contributed by atoms with Crippen LogP contribution in [0.3, 0.4) is 0 Å². The lowest BCUT2D eigenvalue weighted by atomic mass is 10.1. The summed E-state index contributed by atoms with van der Waals surface area (Å²) in [6.07, 6.45) is 1.89. The number of amides is 1. The van der Waals surface area contributed by atoms with Crippen molar-refractivity contribution in [1.29, 1.82) is 0 Å². The molecule has 23 heavy (non-hydrogen) atoms. The molecule has 0 saturated heterocycles. The molecule has 1 amide bonds. The van der Waals surface area contributed by atoms with Crippen LogP contribution in [0.25, 0.3) is 0 Å². The largest absolute Gasteiger partial charge is 0.310 e. The zero-order valence-electron chi connectivity index (χ0n) is 13.9. The Balaban J connectivity index is 2.18. The highest BCUT2D eigenvalue weighted by Crippen LogP contribution is 2.24. The lowest BCUT2D eigenvalue weighted by Crippen LogP contribution is -2.25. The quantitative estimate of drug-likeness (QED) is 0.740. The summed E-state index contributed by atoms with van der Waals surface area (Å²) in [5.74, 6) is 0.0141. The van der Waals surface area contributed by atoms with Crippen LogP contribution in [-0.4, -0.2) is 15.6 Å². The molecule has 0 heterocycles. The van der Waals surface area contributed by atoms with Crippen LogP contribution in [0.15, 0.2) is 72.3 Å². The summed E-state index contributed by atoms with van der Waals surface area (Å²) in [5, 5.41) is 2.00. The molecule has 0 aliphatic rings. The smallest absolute Gasteiger partial charge is 0.258 e. The molecule has 0 aliphatic heterocycles. The Kier molecular flexibility index (Phi) is 6.05. The monoisotopic (exact) mass is 325 g/mol. The van der Waals surface area contributed by atoms with Gasteiger partial charge in [0.1, 0.15) is 0 Å². The third kappa shape index (κ3) is 5.95. The maximum atomic E-state index is 12.8. The number of thioether (sulfide) groups is 1. The van der Waals surface area contributed by atoms with Crippen molar-refractivity contribution in [2.45, 2.75) is 32.1 Å². The second kappa shape index (κ2) is 8.02. The predicted octanol–water partition coefficient (Wildman–Crippen LogP) is 5.33. The van der Waals surface area contributed by atoms with E-state index in [1.165, 1.54) is 0 Å². The highest BCUT2D eigenvalue weighted by atomic mass is 32.2. The number of benzene rings is 2. The molecule has 2 aromatic carbocycles. The topological polar surface area (TPSA) is 20.3 Å². The van der Waals surface area contributed by atoms with Gasteiger partial charge in [-0.15, -0.1) is 11.8 Å². The molecule has 3 heteroatoms. The van der Waals surface area contributed by atoms with Gasteiger partial charge in [0.05, 0.1) is 6.54 Å². The summed E-state index contributed by atoms with van der Waals surface area (Å²) in [6.45, 7) is 7.03. The second-order valence-electron chi connectivity index (χ2n) is 6.30. The third-order valence-corrected chi connectivity index (χ3v) is 4.10. The molecule has 0 aromatic heterocycles. The van der Waals surface area contributed by atoms with Crippen molar-refractivity contribution in [2.24, 2.45) is 0 Å². The third-order valence-electron chi connectivity index (χ3n) is 3.14. The van der Waals surface area contributed by atoms with E-state index >= 15 is 0 Å². The minimum atomic E-state index is 0.0141. The van der Waals surface area contributed by atoms with Gasteiger partial charge in [0.15, 0.2) is 0 Å². The Morgan fingerprint density at radius 3 is 2.13 bits per heavy atom. The van der Waals surface area contributed by atoms with Crippen LogP contribution >= 0.6 is 11.8 Å². The molecule has 0 saturated carbocycles. The molecule has 0 aliphatic carbocycles. The van der Waals surface area contributed by atoms with Crippen LogP contribution in [-0.2, 0) is 6.54 Å². The van der Waals surface area contributed by atoms with Gasteiger partial charge in [0.25, 0.3) is 5.91 Å². The molecule has 120 valence electrons. The van der Waals surface area contributed by atoms with E-state index in [1.807, 2.05) is 72.3 Å². The van der Waals surface area contributed by atoms with Crippen molar-refractivity contribution in [3.8, 4) is 0 Å². The first-order valence-corrected chi connectivity index (χ1v) is 8.58. The molecule has 0 unspecified atom stereocenters. The summed E-state index contributed by atoms with van der Waals surface area (Å²) in [5.41, 5.74) is 1.82. The van der Waals surface area contributed by atoms with E-state index in [0.29, 0.717) is 12.1 Å². The lowest BCUT2D eigenvalue weighted by molar-refractivity contribution is 0.0814. The van der Waals surface area contributed by atoms with Crippen molar-refractivity contribution >= 4 is 17.7 Å². The van der Waals surface area contributed by atoms with Crippen molar-refractivity contribution < 1.29 is 4.79 Å².